The zero-order valence-corrected chi connectivity index (χ0v) is 17.6. The Morgan fingerprint density at radius 2 is 1.96 bits per heavy atom. The van der Waals surface area contributed by atoms with E-state index in [0.717, 1.165) is 18.2 Å². The lowest BCUT2D eigenvalue weighted by molar-refractivity contribution is 0.396. The van der Waals surface area contributed by atoms with Crippen LogP contribution in [-0.2, 0) is 6.54 Å². The monoisotopic (exact) mass is 454 g/mol. The van der Waals surface area contributed by atoms with E-state index in [2.05, 4.69) is 58.7 Å². The number of aryl methyl sites for hydroxylation is 1. The van der Waals surface area contributed by atoms with Crippen molar-refractivity contribution in [1.29, 1.82) is 0 Å². The number of hydrogen-bond donors (Lipinski definition) is 2. The molecule has 0 aliphatic heterocycles. The number of rotatable bonds is 6. The summed E-state index contributed by atoms with van der Waals surface area (Å²) >= 11 is 0. The maximum Gasteiger partial charge on any atom is 0.213 e. The van der Waals surface area contributed by atoms with E-state index < -0.39 is 0 Å². The Hall–Kier alpha value is -1.83. The Morgan fingerprint density at radius 1 is 1.20 bits per heavy atom. The fourth-order valence-electron chi connectivity index (χ4n) is 2.41. The average molecular weight is 454 g/mol. The molecule has 0 amide bonds. The van der Waals surface area contributed by atoms with Crippen LogP contribution in [0.15, 0.2) is 47.5 Å². The Bertz CT molecular complexity index is 691. The molecule has 2 N–H and O–H groups in total. The maximum atomic E-state index is 5.14. The highest BCUT2D eigenvalue weighted by molar-refractivity contribution is 14.0. The number of aromatic nitrogens is 1. The summed E-state index contributed by atoms with van der Waals surface area (Å²) in [6.07, 6.45) is 0. The van der Waals surface area contributed by atoms with Crippen molar-refractivity contribution in [3.63, 3.8) is 0 Å². The summed E-state index contributed by atoms with van der Waals surface area (Å²) in [5.41, 5.74) is 3.52. The van der Waals surface area contributed by atoms with E-state index in [1.165, 1.54) is 11.1 Å². The first kappa shape index (κ1) is 21.2. The predicted molar refractivity (Wildman–Crippen MR) is 114 cm³/mol. The summed E-state index contributed by atoms with van der Waals surface area (Å²) in [7, 11) is 3.39. The topological polar surface area (TPSA) is 58.5 Å². The molecule has 1 heterocycles. The van der Waals surface area contributed by atoms with Gasteiger partial charge >= 0.3 is 0 Å². The summed E-state index contributed by atoms with van der Waals surface area (Å²) in [5.74, 6) is 1.78. The summed E-state index contributed by atoms with van der Waals surface area (Å²) in [5, 5.41) is 6.64. The second-order valence-corrected chi connectivity index (χ2v) is 5.79. The SMILES string of the molecule is CN=C(NCc1cccc(OC)n1)NCC(C)c1cccc(C)c1.I. The number of nitrogens with zero attached hydrogens (tertiary/aromatic N) is 2. The standard InChI is InChI=1S/C19H26N4O.HI/c1-14-7-5-8-16(11-14)15(2)12-21-19(20-3)22-13-17-9-6-10-18(23-17)24-4;/h5-11,15H,12-13H2,1-4H3,(H2,20,21,22);1H. The van der Waals surface area contributed by atoms with Gasteiger partial charge in [-0.05, 0) is 24.5 Å². The molecule has 0 spiro atoms. The third-order valence-electron chi connectivity index (χ3n) is 3.84. The second kappa shape index (κ2) is 10.9. The van der Waals surface area contributed by atoms with Crippen molar-refractivity contribution in [2.24, 2.45) is 4.99 Å². The molecular formula is C19H27IN4O. The van der Waals surface area contributed by atoms with Gasteiger partial charge in [-0.1, -0.05) is 42.8 Å². The minimum atomic E-state index is 0. The lowest BCUT2D eigenvalue weighted by Crippen LogP contribution is -2.38. The van der Waals surface area contributed by atoms with Crippen LogP contribution in [0.5, 0.6) is 5.88 Å². The number of methoxy groups -OCH3 is 1. The number of nitrogens with one attached hydrogen (secondary N) is 2. The van der Waals surface area contributed by atoms with Crippen molar-refractivity contribution >= 4 is 29.9 Å². The fourth-order valence-corrected chi connectivity index (χ4v) is 2.41. The first-order chi connectivity index (χ1) is 11.6. The smallest absolute Gasteiger partial charge is 0.213 e. The fraction of sp³-hybridized carbons (Fsp3) is 0.368. The van der Waals surface area contributed by atoms with Crippen LogP contribution in [0.4, 0.5) is 0 Å². The highest BCUT2D eigenvalue weighted by Crippen LogP contribution is 2.15. The molecule has 6 heteroatoms. The lowest BCUT2D eigenvalue weighted by Gasteiger charge is -2.16. The van der Waals surface area contributed by atoms with Crippen molar-refractivity contribution < 1.29 is 4.74 Å². The van der Waals surface area contributed by atoms with Crippen LogP contribution in [0.2, 0.25) is 0 Å². The van der Waals surface area contributed by atoms with Crippen molar-refractivity contribution in [2.45, 2.75) is 26.3 Å². The largest absolute Gasteiger partial charge is 0.481 e. The summed E-state index contributed by atoms with van der Waals surface area (Å²) in [6.45, 7) is 5.73. The molecule has 0 fully saturated rings. The Labute approximate surface area is 167 Å². The van der Waals surface area contributed by atoms with Crippen molar-refractivity contribution in [3.8, 4) is 5.88 Å². The normalized spacial score (nSPS) is 12.1. The maximum absolute atomic E-state index is 5.14. The molecule has 1 unspecified atom stereocenters. The number of halogens is 1. The first-order valence-corrected chi connectivity index (χ1v) is 8.13. The Balaban J connectivity index is 0.00000312. The molecule has 136 valence electrons. The van der Waals surface area contributed by atoms with E-state index in [9.17, 15) is 0 Å². The van der Waals surface area contributed by atoms with Crippen molar-refractivity contribution in [2.75, 3.05) is 20.7 Å². The van der Waals surface area contributed by atoms with E-state index in [1.807, 2.05) is 18.2 Å². The molecule has 2 rings (SSSR count). The number of aliphatic imine (C=N–C) groups is 1. The number of benzene rings is 1. The van der Waals surface area contributed by atoms with Crippen LogP contribution in [-0.4, -0.2) is 31.6 Å². The zero-order chi connectivity index (χ0) is 17.4. The molecule has 1 aromatic heterocycles. The van der Waals surface area contributed by atoms with E-state index in [1.54, 1.807) is 14.2 Å². The minimum absolute atomic E-state index is 0. The van der Waals surface area contributed by atoms with Crippen molar-refractivity contribution in [3.05, 3.63) is 59.3 Å². The first-order valence-electron chi connectivity index (χ1n) is 8.13. The molecular weight excluding hydrogens is 427 g/mol. The van der Waals surface area contributed by atoms with Gasteiger partial charge in [0.05, 0.1) is 19.3 Å². The summed E-state index contributed by atoms with van der Waals surface area (Å²) in [6, 6.07) is 14.3. The molecule has 5 nitrogen and oxygen atoms in total. The van der Waals surface area contributed by atoms with E-state index in [0.29, 0.717) is 18.3 Å². The van der Waals surface area contributed by atoms with Gasteiger partial charge < -0.3 is 15.4 Å². The highest BCUT2D eigenvalue weighted by Gasteiger charge is 2.07. The van der Waals surface area contributed by atoms with Crippen LogP contribution < -0.4 is 15.4 Å². The number of hydrogen-bond acceptors (Lipinski definition) is 3. The molecule has 2 aromatic rings. The molecule has 1 atom stereocenters. The van der Waals surface area contributed by atoms with Gasteiger partial charge in [0.15, 0.2) is 5.96 Å². The van der Waals surface area contributed by atoms with Crippen LogP contribution in [0.3, 0.4) is 0 Å². The Kier molecular flexibility index (Phi) is 9.26. The number of ether oxygens (including phenoxy) is 1. The van der Waals surface area contributed by atoms with Gasteiger partial charge in [0, 0.05) is 19.7 Å². The molecule has 0 saturated carbocycles. The van der Waals surface area contributed by atoms with Crippen LogP contribution in [0.25, 0.3) is 0 Å². The predicted octanol–water partition coefficient (Wildman–Crippen LogP) is 3.49. The quantitative estimate of drug-likeness (QED) is 0.399. The minimum Gasteiger partial charge on any atom is -0.481 e. The van der Waals surface area contributed by atoms with Gasteiger partial charge in [-0.3, -0.25) is 4.99 Å². The van der Waals surface area contributed by atoms with Gasteiger partial charge in [-0.15, -0.1) is 24.0 Å². The second-order valence-electron chi connectivity index (χ2n) is 5.79. The van der Waals surface area contributed by atoms with Crippen LogP contribution in [0.1, 0.15) is 29.7 Å². The summed E-state index contributed by atoms with van der Waals surface area (Å²) in [4.78, 5) is 8.65. The lowest BCUT2D eigenvalue weighted by atomic mass is 9.99. The van der Waals surface area contributed by atoms with Crippen LogP contribution in [0, 0.1) is 6.92 Å². The van der Waals surface area contributed by atoms with Gasteiger partial charge in [-0.25, -0.2) is 4.98 Å². The highest BCUT2D eigenvalue weighted by atomic mass is 127. The molecule has 0 radical (unpaired) electrons. The van der Waals surface area contributed by atoms with Gasteiger partial charge in [0.25, 0.3) is 0 Å². The zero-order valence-electron chi connectivity index (χ0n) is 15.2. The van der Waals surface area contributed by atoms with Gasteiger partial charge in [0.1, 0.15) is 0 Å². The molecule has 0 saturated heterocycles. The van der Waals surface area contributed by atoms with Crippen molar-refractivity contribution in [1.82, 2.24) is 15.6 Å². The third kappa shape index (κ3) is 6.89. The molecule has 0 bridgehead atoms. The molecule has 0 aliphatic carbocycles. The van der Waals surface area contributed by atoms with E-state index in [4.69, 9.17) is 4.74 Å². The van der Waals surface area contributed by atoms with E-state index >= 15 is 0 Å². The molecule has 0 aliphatic rings. The average Bonchev–Trinajstić information content (AvgIpc) is 2.61. The molecule has 1 aromatic carbocycles. The number of guanidine groups is 1. The summed E-state index contributed by atoms with van der Waals surface area (Å²) < 4.78 is 5.14. The van der Waals surface area contributed by atoms with Gasteiger partial charge in [0.2, 0.25) is 5.88 Å². The molecule has 25 heavy (non-hydrogen) atoms. The van der Waals surface area contributed by atoms with Crippen LogP contribution >= 0.6 is 24.0 Å². The van der Waals surface area contributed by atoms with E-state index in [-0.39, 0.29) is 24.0 Å². The Morgan fingerprint density at radius 3 is 2.64 bits per heavy atom. The van der Waals surface area contributed by atoms with Gasteiger partial charge in [-0.2, -0.15) is 0 Å². The number of pyridine rings is 1. The third-order valence-corrected chi connectivity index (χ3v) is 3.84.